The van der Waals surface area contributed by atoms with E-state index in [0.717, 1.165) is 30.4 Å². The second-order valence-electron chi connectivity index (χ2n) is 7.16. The summed E-state index contributed by atoms with van der Waals surface area (Å²) in [7, 11) is -3.82. The van der Waals surface area contributed by atoms with E-state index in [1.54, 1.807) is 17.0 Å². The third-order valence-corrected chi connectivity index (χ3v) is 6.43. The molecule has 150 valence electrons. The van der Waals surface area contributed by atoms with Crippen LogP contribution in [0.2, 0.25) is 0 Å². The van der Waals surface area contributed by atoms with Gasteiger partial charge >= 0.3 is 5.97 Å². The van der Waals surface area contributed by atoms with Crippen LogP contribution in [0.25, 0.3) is 0 Å². The Morgan fingerprint density at radius 3 is 2.37 bits per heavy atom. The molecule has 8 heteroatoms. The number of ether oxygens (including phenoxy) is 1. The first kappa shape index (κ1) is 21.4. The van der Waals surface area contributed by atoms with Crippen molar-refractivity contribution >= 4 is 21.9 Å². The van der Waals surface area contributed by atoms with Crippen molar-refractivity contribution in [1.29, 1.82) is 0 Å². The minimum absolute atomic E-state index is 0.0884. The number of nitrogens with zero attached hydrogens (tertiary/aromatic N) is 1. The number of nitrogens with one attached hydrogen (secondary N) is 1. The second-order valence-corrected chi connectivity index (χ2v) is 8.93. The minimum Gasteiger partial charge on any atom is -0.455 e. The summed E-state index contributed by atoms with van der Waals surface area (Å²) in [6.07, 6.45) is 2.94. The molecule has 7 nitrogen and oxygen atoms in total. The molecule has 1 N–H and O–H groups in total. The van der Waals surface area contributed by atoms with Gasteiger partial charge in [0.25, 0.3) is 5.91 Å². The number of hydrogen-bond acceptors (Lipinski definition) is 5. The Balaban J connectivity index is 1.86. The number of likely N-dealkylation sites (tertiary alicyclic amines) is 1. The summed E-state index contributed by atoms with van der Waals surface area (Å²) in [5, 5.41) is 0. The van der Waals surface area contributed by atoms with Gasteiger partial charge in [-0.05, 0) is 70.2 Å². The predicted molar refractivity (Wildman–Crippen MR) is 102 cm³/mol. The monoisotopic (exact) mass is 396 g/mol. The van der Waals surface area contributed by atoms with Crippen LogP contribution in [0.5, 0.6) is 0 Å². The van der Waals surface area contributed by atoms with Crippen LogP contribution in [0, 0.1) is 13.8 Å². The highest BCUT2D eigenvalue weighted by molar-refractivity contribution is 7.89. The molecule has 1 fully saturated rings. The molecule has 0 aliphatic carbocycles. The number of amides is 1. The fourth-order valence-electron chi connectivity index (χ4n) is 3.30. The Labute approximate surface area is 161 Å². The molecular formula is C19H28N2O5S. The summed E-state index contributed by atoms with van der Waals surface area (Å²) in [4.78, 5) is 26.0. The maximum atomic E-state index is 12.3. The van der Waals surface area contributed by atoms with Gasteiger partial charge in [0.05, 0.1) is 4.90 Å². The molecule has 1 amide bonds. The van der Waals surface area contributed by atoms with Crippen LogP contribution in [-0.4, -0.2) is 50.4 Å². The Hall–Kier alpha value is -1.93. The van der Waals surface area contributed by atoms with Gasteiger partial charge in [-0.3, -0.25) is 9.59 Å². The highest BCUT2D eigenvalue weighted by Gasteiger charge is 2.29. The van der Waals surface area contributed by atoms with Crippen molar-refractivity contribution in [2.24, 2.45) is 0 Å². The number of rotatable bonds is 6. The molecule has 1 saturated heterocycles. The lowest BCUT2D eigenvalue weighted by atomic mass is 9.97. The van der Waals surface area contributed by atoms with E-state index < -0.39 is 22.5 Å². The summed E-state index contributed by atoms with van der Waals surface area (Å²) in [5.41, 5.74) is 1.82. The molecule has 1 heterocycles. The second kappa shape index (κ2) is 8.84. The van der Waals surface area contributed by atoms with Crippen LogP contribution in [0.4, 0.5) is 0 Å². The van der Waals surface area contributed by atoms with Gasteiger partial charge in [-0.15, -0.1) is 0 Å². The quantitative estimate of drug-likeness (QED) is 0.742. The summed E-state index contributed by atoms with van der Waals surface area (Å²) >= 11 is 0. The number of benzene rings is 1. The number of carbonyl (C=O) groups is 2. The fourth-order valence-corrected chi connectivity index (χ4v) is 4.35. The van der Waals surface area contributed by atoms with Gasteiger partial charge in [-0.1, -0.05) is 6.07 Å². The highest BCUT2D eigenvalue weighted by Crippen LogP contribution is 2.22. The van der Waals surface area contributed by atoms with Crippen LogP contribution in [0.15, 0.2) is 23.1 Å². The molecule has 2 atom stereocenters. The number of aryl methyl sites for hydroxylation is 2. The SMILES string of the molecule is Cc1ccc(S(=O)(=O)NCC(=O)OCC(=O)N2[C@@H](C)CCC[C@@H]2C)cc1C. The van der Waals surface area contributed by atoms with E-state index in [1.807, 2.05) is 27.7 Å². The molecular weight excluding hydrogens is 368 g/mol. The van der Waals surface area contributed by atoms with Crippen LogP contribution >= 0.6 is 0 Å². The average molecular weight is 397 g/mol. The van der Waals surface area contributed by atoms with Gasteiger partial charge in [0, 0.05) is 12.1 Å². The van der Waals surface area contributed by atoms with E-state index >= 15 is 0 Å². The maximum Gasteiger partial charge on any atom is 0.321 e. The standard InChI is InChI=1S/C19H28N2O5S/c1-13-8-9-17(10-14(13)2)27(24,25)20-11-19(23)26-12-18(22)21-15(3)6-5-7-16(21)4/h8-10,15-16,20H,5-7,11-12H2,1-4H3/t15-,16-/m0/s1. The number of piperidine rings is 1. The Kier molecular flexibility index (Phi) is 7.00. The topological polar surface area (TPSA) is 92.8 Å². The average Bonchev–Trinajstić information content (AvgIpc) is 2.60. The fraction of sp³-hybridized carbons (Fsp3) is 0.579. The van der Waals surface area contributed by atoms with Gasteiger partial charge in [0.2, 0.25) is 10.0 Å². The van der Waals surface area contributed by atoms with Crippen LogP contribution in [0.1, 0.15) is 44.2 Å². The van der Waals surface area contributed by atoms with E-state index in [9.17, 15) is 18.0 Å². The first-order chi connectivity index (χ1) is 12.6. The van der Waals surface area contributed by atoms with Crippen molar-refractivity contribution in [2.75, 3.05) is 13.2 Å². The number of esters is 1. The van der Waals surface area contributed by atoms with Crippen LogP contribution in [0.3, 0.4) is 0 Å². The molecule has 1 aliphatic rings. The molecule has 0 aromatic heterocycles. The van der Waals surface area contributed by atoms with Crippen molar-refractivity contribution in [2.45, 2.75) is 63.9 Å². The van der Waals surface area contributed by atoms with Gasteiger partial charge < -0.3 is 9.64 Å². The first-order valence-corrected chi connectivity index (χ1v) is 10.6. The van der Waals surface area contributed by atoms with Crippen LogP contribution in [-0.2, 0) is 24.3 Å². The normalized spacial score (nSPS) is 20.4. The lowest BCUT2D eigenvalue weighted by Gasteiger charge is -2.38. The van der Waals surface area contributed by atoms with Gasteiger partial charge in [-0.2, -0.15) is 4.72 Å². The Morgan fingerprint density at radius 1 is 1.15 bits per heavy atom. The lowest BCUT2D eigenvalue weighted by molar-refractivity contribution is -0.154. The summed E-state index contributed by atoms with van der Waals surface area (Å²) in [6.45, 7) is 6.76. The van der Waals surface area contributed by atoms with Crippen molar-refractivity contribution in [1.82, 2.24) is 9.62 Å². The molecule has 1 aromatic carbocycles. The third kappa shape index (κ3) is 5.52. The zero-order chi connectivity index (χ0) is 20.2. The molecule has 0 bridgehead atoms. The predicted octanol–water partition coefficient (Wildman–Crippen LogP) is 1.91. The van der Waals surface area contributed by atoms with E-state index in [-0.39, 0.29) is 29.5 Å². The zero-order valence-corrected chi connectivity index (χ0v) is 17.1. The number of hydrogen-bond donors (Lipinski definition) is 1. The largest absolute Gasteiger partial charge is 0.455 e. The molecule has 2 rings (SSSR count). The Bertz CT molecular complexity index is 796. The molecule has 0 radical (unpaired) electrons. The van der Waals surface area contributed by atoms with Crippen molar-refractivity contribution < 1.29 is 22.7 Å². The maximum absolute atomic E-state index is 12.3. The van der Waals surface area contributed by atoms with Gasteiger partial charge in [-0.25, -0.2) is 8.42 Å². The zero-order valence-electron chi connectivity index (χ0n) is 16.3. The number of carbonyl (C=O) groups excluding carboxylic acids is 2. The van der Waals surface area contributed by atoms with E-state index in [4.69, 9.17) is 4.74 Å². The highest BCUT2D eigenvalue weighted by atomic mass is 32.2. The summed E-state index contributed by atoms with van der Waals surface area (Å²) in [6, 6.07) is 4.97. The Morgan fingerprint density at radius 2 is 1.78 bits per heavy atom. The van der Waals surface area contributed by atoms with E-state index in [2.05, 4.69) is 4.72 Å². The smallest absolute Gasteiger partial charge is 0.321 e. The van der Waals surface area contributed by atoms with Gasteiger partial charge in [0.15, 0.2) is 6.61 Å². The summed E-state index contributed by atoms with van der Waals surface area (Å²) in [5.74, 6) is -1.03. The van der Waals surface area contributed by atoms with Gasteiger partial charge in [0.1, 0.15) is 6.54 Å². The molecule has 27 heavy (non-hydrogen) atoms. The van der Waals surface area contributed by atoms with E-state index in [0.29, 0.717) is 0 Å². The summed E-state index contributed by atoms with van der Waals surface area (Å²) < 4.78 is 31.7. The lowest BCUT2D eigenvalue weighted by Crippen LogP contribution is -2.49. The van der Waals surface area contributed by atoms with Crippen molar-refractivity contribution in [3.63, 3.8) is 0 Å². The van der Waals surface area contributed by atoms with E-state index in [1.165, 1.54) is 6.07 Å². The van der Waals surface area contributed by atoms with Crippen molar-refractivity contribution in [3.05, 3.63) is 29.3 Å². The molecule has 0 spiro atoms. The molecule has 0 saturated carbocycles. The number of sulfonamides is 1. The minimum atomic E-state index is -3.82. The third-order valence-electron chi connectivity index (χ3n) is 5.03. The molecule has 0 unspecified atom stereocenters. The molecule has 1 aliphatic heterocycles. The van der Waals surface area contributed by atoms with Crippen LogP contribution < -0.4 is 4.72 Å². The molecule has 1 aromatic rings. The first-order valence-electron chi connectivity index (χ1n) is 9.15. The van der Waals surface area contributed by atoms with Crippen molar-refractivity contribution in [3.8, 4) is 0 Å².